The molecule has 1 atom stereocenters. The van der Waals surface area contributed by atoms with Gasteiger partial charge < -0.3 is 14.7 Å². The van der Waals surface area contributed by atoms with Gasteiger partial charge in [0.2, 0.25) is 0 Å². The van der Waals surface area contributed by atoms with Crippen molar-refractivity contribution >= 4 is 5.91 Å². The van der Waals surface area contributed by atoms with Crippen LogP contribution < -0.4 is 0 Å². The molecule has 1 saturated heterocycles. The topological polar surface area (TPSA) is 49.8 Å². The Hall–Kier alpha value is -2.33. The summed E-state index contributed by atoms with van der Waals surface area (Å²) in [4.78, 5) is 14.8. The number of ether oxygens (including phenoxy) is 1. The van der Waals surface area contributed by atoms with Gasteiger partial charge in [0.15, 0.2) is 0 Å². The van der Waals surface area contributed by atoms with Crippen LogP contribution in [0.3, 0.4) is 0 Å². The number of carbonyl (C=O) groups is 1. The van der Waals surface area contributed by atoms with Crippen molar-refractivity contribution < 1.29 is 14.6 Å². The fourth-order valence-electron chi connectivity index (χ4n) is 3.22. The van der Waals surface area contributed by atoms with Crippen LogP contribution >= 0.6 is 0 Å². The molecule has 4 heteroatoms. The van der Waals surface area contributed by atoms with E-state index in [-0.39, 0.29) is 17.8 Å². The number of likely N-dealkylation sites (N-methyl/N-ethyl adjacent to an activating group) is 1. The summed E-state index contributed by atoms with van der Waals surface area (Å²) in [5, 5.41) is 9.43. The zero-order valence-electron chi connectivity index (χ0n) is 14.6. The molecular formula is C21H25NO3. The SMILES string of the molecule is CCN(CC1CCCCO1)C(=O)c1cccc(-c2ccc(O)cc2)c1. The van der Waals surface area contributed by atoms with Crippen molar-refractivity contribution in [2.24, 2.45) is 0 Å². The molecular weight excluding hydrogens is 314 g/mol. The van der Waals surface area contributed by atoms with E-state index in [1.807, 2.05) is 48.2 Å². The summed E-state index contributed by atoms with van der Waals surface area (Å²) in [6.45, 7) is 4.12. The highest BCUT2D eigenvalue weighted by Gasteiger charge is 2.21. The third-order valence-corrected chi connectivity index (χ3v) is 4.68. The molecule has 0 aromatic heterocycles. The molecule has 1 heterocycles. The van der Waals surface area contributed by atoms with Gasteiger partial charge in [-0.3, -0.25) is 4.79 Å². The minimum Gasteiger partial charge on any atom is -0.508 e. The summed E-state index contributed by atoms with van der Waals surface area (Å²) >= 11 is 0. The van der Waals surface area contributed by atoms with Crippen molar-refractivity contribution in [3.8, 4) is 16.9 Å². The van der Waals surface area contributed by atoms with E-state index in [1.165, 1.54) is 6.42 Å². The first-order valence-corrected chi connectivity index (χ1v) is 8.97. The molecule has 2 aromatic carbocycles. The van der Waals surface area contributed by atoms with E-state index in [4.69, 9.17) is 4.74 Å². The van der Waals surface area contributed by atoms with Gasteiger partial charge in [-0.25, -0.2) is 0 Å². The normalized spacial score (nSPS) is 17.2. The van der Waals surface area contributed by atoms with Crippen molar-refractivity contribution in [3.63, 3.8) is 0 Å². The number of phenolic OH excluding ortho intramolecular Hbond substituents is 1. The maximum absolute atomic E-state index is 12.9. The summed E-state index contributed by atoms with van der Waals surface area (Å²) in [7, 11) is 0. The molecule has 0 aliphatic carbocycles. The first kappa shape index (κ1) is 17.5. The second-order valence-electron chi connectivity index (χ2n) is 6.46. The predicted octanol–water partition coefficient (Wildman–Crippen LogP) is 4.09. The van der Waals surface area contributed by atoms with Crippen LogP contribution in [0.15, 0.2) is 48.5 Å². The zero-order chi connectivity index (χ0) is 17.6. The van der Waals surface area contributed by atoms with Gasteiger partial charge in [0.05, 0.1) is 6.10 Å². The second kappa shape index (κ2) is 8.17. The van der Waals surface area contributed by atoms with E-state index in [9.17, 15) is 9.90 Å². The Morgan fingerprint density at radius 1 is 1.16 bits per heavy atom. The Labute approximate surface area is 149 Å². The van der Waals surface area contributed by atoms with Crippen LogP contribution in [0.1, 0.15) is 36.5 Å². The Balaban J connectivity index is 1.76. The summed E-state index contributed by atoms with van der Waals surface area (Å²) < 4.78 is 5.78. The van der Waals surface area contributed by atoms with Crippen LogP contribution in [0.5, 0.6) is 5.75 Å². The van der Waals surface area contributed by atoms with Crippen molar-refractivity contribution in [1.29, 1.82) is 0 Å². The predicted molar refractivity (Wildman–Crippen MR) is 98.7 cm³/mol. The molecule has 132 valence electrons. The van der Waals surface area contributed by atoms with Gasteiger partial charge in [-0.05, 0) is 61.6 Å². The number of nitrogens with zero attached hydrogens (tertiary/aromatic N) is 1. The van der Waals surface area contributed by atoms with E-state index in [2.05, 4.69) is 0 Å². The first-order valence-electron chi connectivity index (χ1n) is 8.97. The van der Waals surface area contributed by atoms with E-state index >= 15 is 0 Å². The van der Waals surface area contributed by atoms with E-state index in [1.54, 1.807) is 12.1 Å². The third-order valence-electron chi connectivity index (χ3n) is 4.68. The number of rotatable bonds is 5. The van der Waals surface area contributed by atoms with Gasteiger partial charge in [0.25, 0.3) is 5.91 Å². The molecule has 1 aliphatic heterocycles. The lowest BCUT2D eigenvalue weighted by Crippen LogP contribution is -2.39. The molecule has 25 heavy (non-hydrogen) atoms. The molecule has 4 nitrogen and oxygen atoms in total. The smallest absolute Gasteiger partial charge is 0.253 e. The Morgan fingerprint density at radius 3 is 2.64 bits per heavy atom. The Bertz CT molecular complexity index is 705. The summed E-state index contributed by atoms with van der Waals surface area (Å²) in [5.41, 5.74) is 2.63. The lowest BCUT2D eigenvalue weighted by molar-refractivity contribution is -0.00311. The van der Waals surface area contributed by atoms with Crippen molar-refractivity contribution in [1.82, 2.24) is 4.90 Å². The quantitative estimate of drug-likeness (QED) is 0.892. The monoisotopic (exact) mass is 339 g/mol. The minimum atomic E-state index is 0.0392. The fourth-order valence-corrected chi connectivity index (χ4v) is 3.22. The van der Waals surface area contributed by atoms with E-state index < -0.39 is 0 Å². The number of hydrogen-bond donors (Lipinski definition) is 1. The van der Waals surface area contributed by atoms with E-state index in [0.717, 1.165) is 30.6 Å². The zero-order valence-corrected chi connectivity index (χ0v) is 14.6. The average molecular weight is 339 g/mol. The largest absolute Gasteiger partial charge is 0.508 e. The number of carbonyl (C=O) groups excluding carboxylic acids is 1. The first-order chi connectivity index (χ1) is 12.2. The van der Waals surface area contributed by atoms with Crippen LogP contribution in [0, 0.1) is 0 Å². The third kappa shape index (κ3) is 4.40. The Morgan fingerprint density at radius 2 is 1.96 bits per heavy atom. The van der Waals surface area contributed by atoms with Crippen LogP contribution in [0.2, 0.25) is 0 Å². The lowest BCUT2D eigenvalue weighted by atomic mass is 10.0. The van der Waals surface area contributed by atoms with Gasteiger partial charge in [0, 0.05) is 25.3 Å². The second-order valence-corrected chi connectivity index (χ2v) is 6.46. The molecule has 0 saturated carbocycles. The number of hydrogen-bond acceptors (Lipinski definition) is 3. The van der Waals surface area contributed by atoms with Gasteiger partial charge in [0.1, 0.15) is 5.75 Å². The van der Waals surface area contributed by atoms with Gasteiger partial charge in [-0.2, -0.15) is 0 Å². The maximum atomic E-state index is 12.9. The average Bonchev–Trinajstić information content (AvgIpc) is 2.67. The highest BCUT2D eigenvalue weighted by Crippen LogP contribution is 2.23. The van der Waals surface area contributed by atoms with Crippen LogP contribution in [-0.4, -0.2) is 41.7 Å². The fraction of sp³-hybridized carbons (Fsp3) is 0.381. The maximum Gasteiger partial charge on any atom is 0.253 e. The molecule has 1 aliphatic rings. The highest BCUT2D eigenvalue weighted by atomic mass is 16.5. The van der Waals surface area contributed by atoms with Crippen LogP contribution in [0.4, 0.5) is 0 Å². The molecule has 2 aromatic rings. The molecule has 1 fully saturated rings. The molecule has 0 radical (unpaired) electrons. The van der Waals surface area contributed by atoms with Gasteiger partial charge >= 0.3 is 0 Å². The molecule has 3 rings (SSSR count). The van der Waals surface area contributed by atoms with Gasteiger partial charge in [-0.15, -0.1) is 0 Å². The van der Waals surface area contributed by atoms with E-state index in [0.29, 0.717) is 18.7 Å². The number of amides is 1. The minimum absolute atomic E-state index is 0.0392. The molecule has 1 N–H and O–H groups in total. The summed E-state index contributed by atoms with van der Waals surface area (Å²) in [5.74, 6) is 0.276. The highest BCUT2D eigenvalue weighted by molar-refractivity contribution is 5.95. The van der Waals surface area contributed by atoms with Gasteiger partial charge in [-0.1, -0.05) is 24.3 Å². The standard InChI is InChI=1S/C21H25NO3/c1-2-22(15-20-8-3-4-13-25-20)21(24)18-7-5-6-17(14-18)16-9-11-19(23)12-10-16/h5-7,9-12,14,20,23H,2-4,8,13,15H2,1H3. The Kier molecular flexibility index (Phi) is 5.71. The number of benzene rings is 2. The van der Waals surface area contributed by atoms with Crippen molar-refractivity contribution in [3.05, 3.63) is 54.1 Å². The molecule has 1 amide bonds. The molecule has 0 spiro atoms. The number of aromatic hydroxyl groups is 1. The molecule has 1 unspecified atom stereocenters. The van der Waals surface area contributed by atoms with Crippen LogP contribution in [0.25, 0.3) is 11.1 Å². The van der Waals surface area contributed by atoms with Crippen LogP contribution in [-0.2, 0) is 4.74 Å². The van der Waals surface area contributed by atoms with Crippen molar-refractivity contribution in [2.45, 2.75) is 32.3 Å². The number of phenols is 1. The molecule has 0 bridgehead atoms. The summed E-state index contributed by atoms with van der Waals surface area (Å²) in [6.07, 6.45) is 3.47. The summed E-state index contributed by atoms with van der Waals surface area (Å²) in [6, 6.07) is 14.7. The lowest BCUT2D eigenvalue weighted by Gasteiger charge is -2.29. The van der Waals surface area contributed by atoms with Crippen molar-refractivity contribution in [2.75, 3.05) is 19.7 Å².